The van der Waals surface area contributed by atoms with Gasteiger partial charge in [-0.05, 0) is 31.5 Å². The highest BCUT2D eigenvalue weighted by atomic mass is 32.1. The smallest absolute Gasteiger partial charge is 0.502 e. The molecule has 1 N–H and O–H groups in total. The van der Waals surface area contributed by atoms with Crippen LogP contribution in [0, 0.1) is 0 Å². The van der Waals surface area contributed by atoms with Gasteiger partial charge in [0.1, 0.15) is 0 Å². The van der Waals surface area contributed by atoms with Crippen LogP contribution in [0.25, 0.3) is 0 Å². The summed E-state index contributed by atoms with van der Waals surface area (Å²) in [5, 5.41) is 7.79. The molecule has 0 heterocycles. The van der Waals surface area contributed by atoms with Gasteiger partial charge in [-0.15, -0.1) is 0 Å². The molecule has 0 aromatic rings. The van der Waals surface area contributed by atoms with Crippen molar-refractivity contribution < 1.29 is 23.4 Å². The lowest BCUT2D eigenvalue weighted by molar-refractivity contribution is -0.241. The minimum absolute atomic E-state index is 0.000000000000000222. The van der Waals surface area contributed by atoms with E-state index in [1.807, 2.05) is 0 Å². The van der Waals surface area contributed by atoms with Gasteiger partial charge in [-0.25, -0.2) is 9.46 Å². The van der Waals surface area contributed by atoms with Crippen LogP contribution in [0.4, 0.5) is 0 Å². The Balaban J connectivity index is 0. The van der Waals surface area contributed by atoms with Crippen LogP contribution in [0.5, 0.6) is 0 Å². The number of unbranched alkanes of at least 4 members (excludes halogenated alkanes) is 36. The molecule has 0 aliphatic heterocycles. The number of thiocarbonyl (C=S) groups is 1. The lowest BCUT2D eigenvalue weighted by Gasteiger charge is -2.16. The molecule has 0 saturated heterocycles. The molecular formula is C47H98O5SSi. The number of rotatable bonds is 46. The predicted molar refractivity (Wildman–Crippen MR) is 244 cm³/mol. The van der Waals surface area contributed by atoms with Gasteiger partial charge in [0.15, 0.2) is 5.05 Å². The zero-order valence-electron chi connectivity index (χ0n) is 37.3. The molecular weight excluding hydrogens is 705 g/mol. The molecule has 0 unspecified atom stereocenters. The number of hydrogen-bond acceptors (Lipinski definition) is 5. The van der Waals surface area contributed by atoms with E-state index in [1.165, 1.54) is 238 Å². The van der Waals surface area contributed by atoms with Crippen molar-refractivity contribution >= 4 is 26.8 Å². The number of aliphatic hydroxyl groups excluding tert-OH is 1. The standard InChI is InChI=1S/C45H94O4Si.C2H4OS/c1-4-7-10-13-16-18-20-22-24-26-28-30-32-35-38-41-44-47-50(49-46-43-40-37-34-15-12-9-6-3)48-45-42-39-36-33-31-29-27-25-23-21-19-17-14-11-8-5-2;1-2(3)4/h50H,4-45H2,1-3H3;1H3,(H,3,4). The Morgan fingerprint density at radius 1 is 0.352 bits per heavy atom. The van der Waals surface area contributed by atoms with Gasteiger partial charge < -0.3 is 14.0 Å². The Hall–Kier alpha value is -0.0531. The fourth-order valence-electron chi connectivity index (χ4n) is 6.98. The fourth-order valence-corrected chi connectivity index (χ4v) is 8.12. The second-order valence-corrected chi connectivity index (χ2v) is 18.2. The molecule has 0 fully saturated rings. The van der Waals surface area contributed by atoms with Crippen LogP contribution in [0.2, 0.25) is 0 Å². The normalized spacial score (nSPS) is 11.4. The van der Waals surface area contributed by atoms with Crippen LogP contribution in [0.15, 0.2) is 0 Å². The third kappa shape index (κ3) is 56.3. The van der Waals surface area contributed by atoms with Crippen LogP contribution in [-0.2, 0) is 18.3 Å². The van der Waals surface area contributed by atoms with Crippen molar-refractivity contribution in [3.63, 3.8) is 0 Å². The van der Waals surface area contributed by atoms with Crippen molar-refractivity contribution in [2.24, 2.45) is 0 Å². The first kappa shape index (κ1) is 56.0. The van der Waals surface area contributed by atoms with Crippen LogP contribution < -0.4 is 0 Å². The predicted octanol–water partition coefficient (Wildman–Crippen LogP) is 16.9. The van der Waals surface area contributed by atoms with E-state index < -0.39 is 9.53 Å². The van der Waals surface area contributed by atoms with E-state index in [2.05, 4.69) is 33.0 Å². The maximum absolute atomic E-state index is 7.79. The van der Waals surface area contributed by atoms with Crippen LogP contribution in [0.3, 0.4) is 0 Å². The lowest BCUT2D eigenvalue weighted by Crippen LogP contribution is -2.28. The molecule has 0 atom stereocenters. The first-order chi connectivity index (χ1) is 26.6. The SMILES string of the molecule is CC(O)=S.CCCCCCCCCCCCCCCCCCO[SiH](OCCCCCCCCCCCCCCCCCC)OOCCCCCCCCC. The third-order valence-electron chi connectivity index (χ3n) is 10.5. The quantitative estimate of drug-likeness (QED) is 0.0217. The summed E-state index contributed by atoms with van der Waals surface area (Å²) in [5.74, 6) is 0. The maximum Gasteiger partial charge on any atom is 0.513 e. The first-order valence-electron chi connectivity index (χ1n) is 24.3. The molecule has 326 valence electrons. The molecule has 0 rings (SSSR count). The molecule has 0 saturated carbocycles. The zero-order valence-corrected chi connectivity index (χ0v) is 39.2. The van der Waals surface area contributed by atoms with Crippen LogP contribution in [-0.4, -0.2) is 39.5 Å². The minimum atomic E-state index is -2.22. The summed E-state index contributed by atoms with van der Waals surface area (Å²) in [6.07, 6.45) is 53.4. The monoisotopic (exact) mass is 803 g/mol. The highest BCUT2D eigenvalue weighted by Gasteiger charge is 2.17. The molecule has 0 aliphatic carbocycles. The van der Waals surface area contributed by atoms with Gasteiger partial charge in [-0.2, -0.15) is 0 Å². The van der Waals surface area contributed by atoms with Gasteiger partial charge in [0.2, 0.25) is 0 Å². The Kier molecular flexibility index (Phi) is 55.0. The molecule has 0 radical (unpaired) electrons. The Bertz CT molecular complexity index is 628. The van der Waals surface area contributed by atoms with Crippen LogP contribution in [0.1, 0.15) is 278 Å². The highest BCUT2D eigenvalue weighted by Crippen LogP contribution is 2.16. The molecule has 0 aromatic heterocycles. The summed E-state index contributed by atoms with van der Waals surface area (Å²) in [6.45, 7) is 10.5. The minimum Gasteiger partial charge on any atom is -0.502 e. The third-order valence-corrected chi connectivity index (χ3v) is 11.8. The molecule has 7 heteroatoms. The molecule has 0 spiro atoms. The second kappa shape index (κ2) is 52.9. The number of hydrogen-bond donors (Lipinski definition) is 1. The Labute approximate surface area is 346 Å². The molecule has 0 aromatic carbocycles. The van der Waals surface area contributed by atoms with Gasteiger partial charge >= 0.3 is 9.53 Å². The van der Waals surface area contributed by atoms with Crippen LogP contribution >= 0.6 is 12.2 Å². The van der Waals surface area contributed by atoms with E-state index in [4.69, 9.17) is 23.4 Å². The van der Waals surface area contributed by atoms with Gasteiger partial charge in [-0.1, -0.05) is 252 Å². The topological polar surface area (TPSA) is 57.2 Å². The zero-order chi connectivity index (χ0) is 39.7. The van der Waals surface area contributed by atoms with E-state index in [0.29, 0.717) is 6.61 Å². The fraction of sp³-hybridized carbons (Fsp3) is 0.979. The van der Waals surface area contributed by atoms with Crippen molar-refractivity contribution in [2.45, 2.75) is 278 Å². The average molecular weight is 803 g/mol. The van der Waals surface area contributed by atoms with Crippen molar-refractivity contribution in [1.82, 2.24) is 0 Å². The Morgan fingerprint density at radius 3 is 0.759 bits per heavy atom. The van der Waals surface area contributed by atoms with Gasteiger partial charge in [0, 0.05) is 20.1 Å². The molecule has 0 aliphatic rings. The molecule has 0 bridgehead atoms. The first-order valence-corrected chi connectivity index (χ1v) is 26.1. The summed E-state index contributed by atoms with van der Waals surface area (Å²) in [7, 11) is -2.22. The largest absolute Gasteiger partial charge is 0.513 e. The van der Waals surface area contributed by atoms with E-state index >= 15 is 0 Å². The molecule has 5 nitrogen and oxygen atoms in total. The van der Waals surface area contributed by atoms with Crippen molar-refractivity contribution in [3.8, 4) is 0 Å². The summed E-state index contributed by atoms with van der Waals surface area (Å²) < 4.78 is 18.0. The summed E-state index contributed by atoms with van der Waals surface area (Å²) in [5.41, 5.74) is 0. The number of aliphatic hydroxyl groups is 1. The van der Waals surface area contributed by atoms with Crippen molar-refractivity contribution in [3.05, 3.63) is 0 Å². The van der Waals surface area contributed by atoms with E-state index in [-0.39, 0.29) is 5.05 Å². The second-order valence-electron chi connectivity index (χ2n) is 16.2. The van der Waals surface area contributed by atoms with Crippen molar-refractivity contribution in [1.29, 1.82) is 0 Å². The Morgan fingerprint density at radius 2 is 0.537 bits per heavy atom. The summed E-state index contributed by atoms with van der Waals surface area (Å²) in [4.78, 5) is 5.60. The maximum atomic E-state index is 7.79. The van der Waals surface area contributed by atoms with E-state index in [9.17, 15) is 0 Å². The van der Waals surface area contributed by atoms with Gasteiger partial charge in [0.05, 0.1) is 6.61 Å². The van der Waals surface area contributed by atoms with Crippen molar-refractivity contribution in [2.75, 3.05) is 19.8 Å². The average Bonchev–Trinajstić information content (AvgIpc) is 3.16. The van der Waals surface area contributed by atoms with Gasteiger partial charge in [-0.3, -0.25) is 0 Å². The summed E-state index contributed by atoms with van der Waals surface area (Å²) >= 11 is 4.09. The lowest BCUT2D eigenvalue weighted by atomic mass is 10.0. The molecule has 0 amide bonds. The van der Waals surface area contributed by atoms with E-state index in [1.54, 1.807) is 0 Å². The van der Waals surface area contributed by atoms with Gasteiger partial charge in [0.25, 0.3) is 0 Å². The summed E-state index contributed by atoms with van der Waals surface area (Å²) in [6, 6.07) is 0. The van der Waals surface area contributed by atoms with E-state index in [0.717, 1.165) is 32.5 Å². The highest BCUT2D eigenvalue weighted by molar-refractivity contribution is 7.79. The molecule has 54 heavy (non-hydrogen) atoms.